The molecule has 1 heterocycles. The van der Waals surface area contributed by atoms with Gasteiger partial charge in [0.2, 0.25) is 11.8 Å². The Balaban J connectivity index is 1.43. The van der Waals surface area contributed by atoms with Crippen molar-refractivity contribution in [1.29, 1.82) is 0 Å². The molecule has 1 saturated heterocycles. The van der Waals surface area contributed by atoms with Gasteiger partial charge in [-0.05, 0) is 56.2 Å². The molecule has 33 heavy (non-hydrogen) atoms. The highest BCUT2D eigenvalue weighted by molar-refractivity contribution is 5.93. The van der Waals surface area contributed by atoms with E-state index in [1.165, 1.54) is 0 Å². The van der Waals surface area contributed by atoms with Crippen LogP contribution in [0.25, 0.3) is 0 Å². The molecule has 1 unspecified atom stereocenters. The van der Waals surface area contributed by atoms with Crippen LogP contribution in [0.3, 0.4) is 0 Å². The van der Waals surface area contributed by atoms with Crippen LogP contribution in [-0.2, 0) is 14.4 Å². The molecule has 1 aliphatic heterocycles. The fraction of sp³-hybridized carbons (Fsp3) is 0.400. The fourth-order valence-corrected chi connectivity index (χ4v) is 3.62. The molecule has 1 aliphatic rings. The summed E-state index contributed by atoms with van der Waals surface area (Å²) in [6, 6.07) is 16.3. The number of hydrogen-bond donors (Lipinski definition) is 2. The Kier molecular flexibility index (Phi) is 9.11. The van der Waals surface area contributed by atoms with Gasteiger partial charge in [0, 0.05) is 25.3 Å². The van der Waals surface area contributed by atoms with Crippen LogP contribution >= 0.6 is 0 Å². The average Bonchev–Trinajstić information content (AvgIpc) is 2.84. The van der Waals surface area contributed by atoms with Crippen molar-refractivity contribution in [3.8, 4) is 11.5 Å². The van der Waals surface area contributed by atoms with Crippen molar-refractivity contribution < 1.29 is 23.9 Å². The molecule has 8 heteroatoms. The molecule has 0 aliphatic carbocycles. The monoisotopic (exact) mass is 453 g/mol. The summed E-state index contributed by atoms with van der Waals surface area (Å²) in [4.78, 5) is 38.5. The van der Waals surface area contributed by atoms with Crippen LogP contribution in [-0.4, -0.2) is 55.5 Å². The average molecular weight is 454 g/mol. The minimum absolute atomic E-state index is 0.00274. The lowest BCUT2D eigenvalue weighted by atomic mass is 9.96. The Hall–Kier alpha value is -3.55. The van der Waals surface area contributed by atoms with Crippen LogP contribution in [0, 0.1) is 5.92 Å². The van der Waals surface area contributed by atoms with Crippen LogP contribution in [0.15, 0.2) is 54.6 Å². The minimum atomic E-state index is -0.258. The molecule has 0 radical (unpaired) electrons. The van der Waals surface area contributed by atoms with E-state index in [4.69, 9.17) is 9.47 Å². The van der Waals surface area contributed by atoms with Crippen LogP contribution in [0.1, 0.15) is 26.2 Å². The zero-order valence-corrected chi connectivity index (χ0v) is 18.9. The molecule has 0 saturated carbocycles. The number of likely N-dealkylation sites (tertiary alicyclic amines) is 1. The van der Waals surface area contributed by atoms with E-state index in [0.29, 0.717) is 37.7 Å². The predicted octanol–water partition coefficient (Wildman–Crippen LogP) is 2.85. The second-order valence-electron chi connectivity index (χ2n) is 7.85. The molecule has 1 fully saturated rings. The highest BCUT2D eigenvalue weighted by Crippen LogP contribution is 2.21. The number of amides is 3. The van der Waals surface area contributed by atoms with Gasteiger partial charge in [-0.15, -0.1) is 0 Å². The number of ether oxygens (including phenoxy) is 2. The number of anilines is 1. The third-order valence-electron chi connectivity index (χ3n) is 5.34. The number of carbonyl (C=O) groups excluding carboxylic acids is 3. The first-order valence-electron chi connectivity index (χ1n) is 11.3. The number of nitrogens with one attached hydrogen (secondary N) is 2. The summed E-state index contributed by atoms with van der Waals surface area (Å²) in [6.45, 7) is 3.72. The van der Waals surface area contributed by atoms with Gasteiger partial charge < -0.3 is 25.0 Å². The number of benzene rings is 2. The van der Waals surface area contributed by atoms with Gasteiger partial charge in [-0.25, -0.2) is 0 Å². The van der Waals surface area contributed by atoms with Crippen molar-refractivity contribution in [1.82, 2.24) is 10.2 Å². The number of rotatable bonds is 10. The molecule has 0 aromatic heterocycles. The van der Waals surface area contributed by atoms with E-state index in [2.05, 4.69) is 10.6 Å². The SMILES string of the molecule is CCNC(=O)COc1ccc(NC(=O)C2CCCN(C(=O)CCOc3ccccc3)C2)cc1. The number of piperidine rings is 1. The van der Waals surface area contributed by atoms with Crippen LogP contribution in [0.5, 0.6) is 11.5 Å². The summed E-state index contributed by atoms with van der Waals surface area (Å²) in [5.41, 5.74) is 0.644. The Morgan fingerprint density at radius 1 is 1.00 bits per heavy atom. The van der Waals surface area contributed by atoms with Crippen LogP contribution < -0.4 is 20.1 Å². The number of likely N-dealkylation sites (N-methyl/N-ethyl adjacent to an activating group) is 1. The van der Waals surface area contributed by atoms with E-state index in [9.17, 15) is 14.4 Å². The number of para-hydroxylation sites is 1. The van der Waals surface area contributed by atoms with E-state index >= 15 is 0 Å². The molecule has 1 atom stereocenters. The van der Waals surface area contributed by atoms with E-state index in [1.54, 1.807) is 29.2 Å². The Morgan fingerprint density at radius 2 is 1.73 bits per heavy atom. The summed E-state index contributed by atoms with van der Waals surface area (Å²) >= 11 is 0. The molecule has 176 valence electrons. The van der Waals surface area contributed by atoms with Crippen molar-refractivity contribution in [2.24, 2.45) is 5.92 Å². The molecule has 2 aromatic rings. The van der Waals surface area contributed by atoms with E-state index < -0.39 is 0 Å². The van der Waals surface area contributed by atoms with E-state index in [-0.39, 0.29) is 36.7 Å². The summed E-state index contributed by atoms with van der Waals surface area (Å²) in [5.74, 6) is 0.735. The second-order valence-corrected chi connectivity index (χ2v) is 7.85. The van der Waals surface area contributed by atoms with Gasteiger partial charge in [-0.2, -0.15) is 0 Å². The van der Waals surface area contributed by atoms with Crippen molar-refractivity contribution >= 4 is 23.4 Å². The third-order valence-corrected chi connectivity index (χ3v) is 5.34. The largest absolute Gasteiger partial charge is 0.493 e. The lowest BCUT2D eigenvalue weighted by Crippen LogP contribution is -2.44. The Morgan fingerprint density at radius 3 is 2.45 bits per heavy atom. The number of nitrogens with zero attached hydrogens (tertiary/aromatic N) is 1. The fourth-order valence-electron chi connectivity index (χ4n) is 3.62. The highest BCUT2D eigenvalue weighted by atomic mass is 16.5. The Labute approximate surface area is 194 Å². The smallest absolute Gasteiger partial charge is 0.257 e. The normalized spacial score (nSPS) is 15.4. The lowest BCUT2D eigenvalue weighted by Gasteiger charge is -2.32. The predicted molar refractivity (Wildman–Crippen MR) is 125 cm³/mol. The van der Waals surface area contributed by atoms with Gasteiger partial charge >= 0.3 is 0 Å². The summed E-state index contributed by atoms with van der Waals surface area (Å²) in [6.07, 6.45) is 1.81. The van der Waals surface area contributed by atoms with Crippen LogP contribution in [0.4, 0.5) is 5.69 Å². The zero-order valence-electron chi connectivity index (χ0n) is 18.9. The molecule has 3 amide bonds. The molecule has 8 nitrogen and oxygen atoms in total. The number of hydrogen-bond acceptors (Lipinski definition) is 5. The summed E-state index contributed by atoms with van der Waals surface area (Å²) < 4.78 is 11.0. The van der Waals surface area contributed by atoms with Gasteiger partial charge in [0.1, 0.15) is 11.5 Å². The molecular formula is C25H31N3O5. The standard InChI is InChI=1S/C25H31N3O5/c1-2-26-23(29)18-33-22-12-10-20(11-13-22)27-25(31)19-7-6-15-28(17-19)24(30)14-16-32-21-8-4-3-5-9-21/h3-5,8-13,19H,2,6-7,14-18H2,1H3,(H,26,29)(H,27,31). The van der Waals surface area contributed by atoms with Gasteiger partial charge in [-0.1, -0.05) is 18.2 Å². The van der Waals surface area contributed by atoms with Crippen molar-refractivity contribution in [3.05, 3.63) is 54.6 Å². The highest BCUT2D eigenvalue weighted by Gasteiger charge is 2.28. The lowest BCUT2D eigenvalue weighted by molar-refractivity contribution is -0.135. The van der Waals surface area contributed by atoms with Crippen molar-refractivity contribution in [3.63, 3.8) is 0 Å². The first-order valence-corrected chi connectivity index (χ1v) is 11.3. The van der Waals surface area contributed by atoms with Gasteiger partial charge in [-0.3, -0.25) is 14.4 Å². The van der Waals surface area contributed by atoms with Crippen LogP contribution in [0.2, 0.25) is 0 Å². The van der Waals surface area contributed by atoms with Gasteiger partial charge in [0.25, 0.3) is 5.91 Å². The summed E-state index contributed by atoms with van der Waals surface area (Å²) in [5, 5.41) is 5.58. The first kappa shape index (κ1) is 24.1. The van der Waals surface area contributed by atoms with Crippen molar-refractivity contribution in [2.75, 3.05) is 38.2 Å². The quantitative estimate of drug-likeness (QED) is 0.577. The molecular weight excluding hydrogens is 422 g/mol. The first-order chi connectivity index (χ1) is 16.0. The third kappa shape index (κ3) is 7.82. The van der Waals surface area contributed by atoms with Gasteiger partial charge in [0.05, 0.1) is 18.9 Å². The molecule has 2 N–H and O–H groups in total. The van der Waals surface area contributed by atoms with E-state index in [0.717, 1.165) is 18.6 Å². The maximum Gasteiger partial charge on any atom is 0.257 e. The van der Waals surface area contributed by atoms with E-state index in [1.807, 2.05) is 37.3 Å². The molecule has 2 aromatic carbocycles. The Bertz CT molecular complexity index is 917. The maximum atomic E-state index is 12.7. The number of carbonyl (C=O) groups is 3. The maximum absolute atomic E-state index is 12.7. The molecule has 0 spiro atoms. The summed E-state index contributed by atoms with van der Waals surface area (Å²) in [7, 11) is 0. The van der Waals surface area contributed by atoms with Gasteiger partial charge in [0.15, 0.2) is 6.61 Å². The minimum Gasteiger partial charge on any atom is -0.493 e. The molecule has 0 bridgehead atoms. The van der Waals surface area contributed by atoms with Crippen molar-refractivity contribution in [2.45, 2.75) is 26.2 Å². The second kappa shape index (κ2) is 12.5. The molecule has 3 rings (SSSR count). The zero-order chi connectivity index (χ0) is 23.5. The topological polar surface area (TPSA) is 97.0 Å².